The molecule has 0 aliphatic carbocycles. The lowest BCUT2D eigenvalue weighted by atomic mass is 9.93. The van der Waals surface area contributed by atoms with Crippen molar-refractivity contribution in [2.45, 2.75) is 33.1 Å². The molecular formula is C22H32N4O. The largest absolute Gasteiger partial charge is 0.369 e. The van der Waals surface area contributed by atoms with Crippen LogP contribution in [0.25, 0.3) is 0 Å². The van der Waals surface area contributed by atoms with Crippen LogP contribution in [-0.4, -0.2) is 67.9 Å². The van der Waals surface area contributed by atoms with Gasteiger partial charge in [-0.3, -0.25) is 14.6 Å². The fourth-order valence-electron chi connectivity index (χ4n) is 4.27. The fourth-order valence-corrected chi connectivity index (χ4v) is 4.27. The van der Waals surface area contributed by atoms with E-state index in [9.17, 15) is 10.1 Å². The Hall–Kier alpha value is -1.90. The van der Waals surface area contributed by atoms with E-state index in [2.05, 4.69) is 32.9 Å². The number of nitrogens with zero attached hydrogens (tertiary/aromatic N) is 4. The molecule has 27 heavy (non-hydrogen) atoms. The van der Waals surface area contributed by atoms with Gasteiger partial charge in [0.25, 0.3) is 0 Å². The van der Waals surface area contributed by atoms with Crippen LogP contribution in [0.15, 0.2) is 18.2 Å². The highest BCUT2D eigenvalue weighted by atomic mass is 16.1. The number of carbonyl (C=O) groups is 1. The van der Waals surface area contributed by atoms with Gasteiger partial charge in [0.05, 0.1) is 18.2 Å². The zero-order valence-corrected chi connectivity index (χ0v) is 16.8. The molecule has 2 fully saturated rings. The van der Waals surface area contributed by atoms with Crippen LogP contribution in [0.2, 0.25) is 0 Å². The summed E-state index contributed by atoms with van der Waals surface area (Å²) in [7, 11) is 0. The average Bonchev–Trinajstić information content (AvgIpc) is 2.68. The number of piperazine rings is 1. The first-order valence-electron chi connectivity index (χ1n) is 10.2. The third kappa shape index (κ3) is 5.54. The molecule has 0 saturated carbocycles. The van der Waals surface area contributed by atoms with Crippen molar-refractivity contribution in [2.24, 2.45) is 5.92 Å². The summed E-state index contributed by atoms with van der Waals surface area (Å²) in [6, 6.07) is 8.52. The Balaban J connectivity index is 1.39. The Morgan fingerprint density at radius 3 is 2.44 bits per heavy atom. The van der Waals surface area contributed by atoms with Crippen LogP contribution < -0.4 is 4.90 Å². The highest BCUT2D eigenvalue weighted by Crippen LogP contribution is 2.23. The minimum Gasteiger partial charge on any atom is -0.369 e. The quantitative estimate of drug-likeness (QED) is 0.773. The topological polar surface area (TPSA) is 50.6 Å². The number of aryl methyl sites for hydroxylation is 1. The van der Waals surface area contributed by atoms with Crippen molar-refractivity contribution in [3.8, 4) is 6.07 Å². The molecule has 5 nitrogen and oxygen atoms in total. The van der Waals surface area contributed by atoms with Crippen LogP contribution in [0.4, 0.5) is 5.69 Å². The van der Waals surface area contributed by atoms with Crippen LogP contribution in [0.3, 0.4) is 0 Å². The molecule has 2 saturated heterocycles. The third-order valence-corrected chi connectivity index (χ3v) is 6.09. The molecule has 0 amide bonds. The number of Topliss-reactive ketones (excluding diaryl/α,β-unsaturated/α-hetero) is 1. The zero-order valence-electron chi connectivity index (χ0n) is 16.8. The van der Waals surface area contributed by atoms with E-state index in [0.29, 0.717) is 6.54 Å². The van der Waals surface area contributed by atoms with Gasteiger partial charge in [-0.05, 0) is 76.4 Å². The summed E-state index contributed by atoms with van der Waals surface area (Å²) in [5.74, 6) is 1.09. The summed E-state index contributed by atoms with van der Waals surface area (Å²) in [6.45, 7) is 11.9. The summed E-state index contributed by atoms with van der Waals surface area (Å²) >= 11 is 0. The van der Waals surface area contributed by atoms with Crippen LogP contribution in [-0.2, 0) is 4.79 Å². The van der Waals surface area contributed by atoms with Crippen molar-refractivity contribution in [2.75, 3.05) is 57.3 Å². The second-order valence-corrected chi connectivity index (χ2v) is 8.15. The predicted molar refractivity (Wildman–Crippen MR) is 109 cm³/mol. The monoisotopic (exact) mass is 368 g/mol. The average molecular weight is 369 g/mol. The first-order valence-corrected chi connectivity index (χ1v) is 10.2. The van der Waals surface area contributed by atoms with E-state index in [4.69, 9.17) is 0 Å². The van der Waals surface area contributed by atoms with E-state index in [1.807, 2.05) is 13.0 Å². The van der Waals surface area contributed by atoms with E-state index in [1.165, 1.54) is 31.5 Å². The van der Waals surface area contributed by atoms with E-state index in [0.717, 1.165) is 56.3 Å². The van der Waals surface area contributed by atoms with Crippen molar-refractivity contribution in [1.82, 2.24) is 9.80 Å². The Morgan fingerprint density at radius 1 is 1.11 bits per heavy atom. The Labute approximate surface area is 163 Å². The third-order valence-electron chi connectivity index (χ3n) is 6.09. The van der Waals surface area contributed by atoms with Crippen molar-refractivity contribution < 1.29 is 4.79 Å². The van der Waals surface area contributed by atoms with Gasteiger partial charge in [-0.25, -0.2) is 0 Å². The van der Waals surface area contributed by atoms with E-state index < -0.39 is 0 Å². The molecular weight excluding hydrogens is 336 g/mol. The second-order valence-electron chi connectivity index (χ2n) is 8.15. The molecule has 2 aliphatic heterocycles. The Morgan fingerprint density at radius 2 is 1.81 bits per heavy atom. The lowest BCUT2D eigenvalue weighted by Gasteiger charge is -2.37. The summed E-state index contributed by atoms with van der Waals surface area (Å²) < 4.78 is 0. The van der Waals surface area contributed by atoms with Crippen LogP contribution in [0.1, 0.15) is 37.3 Å². The number of rotatable bonds is 6. The molecule has 1 aromatic rings. The number of piperidine rings is 1. The summed E-state index contributed by atoms with van der Waals surface area (Å²) in [4.78, 5) is 18.5. The number of carbonyl (C=O) groups excluding carboxylic acids is 1. The van der Waals surface area contributed by atoms with Gasteiger partial charge in [0, 0.05) is 31.9 Å². The summed E-state index contributed by atoms with van der Waals surface area (Å²) in [5.41, 5.74) is 3.01. The number of hydrogen-bond donors (Lipinski definition) is 0. The number of ketones is 1. The molecule has 0 N–H and O–H groups in total. The molecule has 2 aliphatic rings. The smallest absolute Gasteiger partial charge is 0.143 e. The van der Waals surface area contributed by atoms with Gasteiger partial charge in [0.2, 0.25) is 0 Å². The number of likely N-dealkylation sites (tertiary alicyclic amines) is 1. The van der Waals surface area contributed by atoms with Crippen LogP contribution in [0.5, 0.6) is 0 Å². The lowest BCUT2D eigenvalue weighted by molar-refractivity contribution is -0.118. The molecule has 5 heteroatoms. The predicted octanol–water partition coefficient (Wildman–Crippen LogP) is 2.68. The Bertz CT molecular complexity index is 680. The number of anilines is 1. The number of nitriles is 1. The number of benzene rings is 1. The highest BCUT2D eigenvalue weighted by molar-refractivity contribution is 5.77. The first kappa shape index (κ1) is 19.9. The minimum absolute atomic E-state index is 0.279. The maximum absolute atomic E-state index is 11.2. The van der Waals surface area contributed by atoms with Gasteiger partial charge in [0.1, 0.15) is 5.78 Å². The van der Waals surface area contributed by atoms with Gasteiger partial charge >= 0.3 is 0 Å². The normalized spacial score (nSPS) is 19.8. The molecule has 0 spiro atoms. The molecule has 0 radical (unpaired) electrons. The van der Waals surface area contributed by atoms with E-state index in [1.54, 1.807) is 6.92 Å². The van der Waals surface area contributed by atoms with Crippen molar-refractivity contribution in [1.29, 1.82) is 5.26 Å². The molecule has 0 unspecified atom stereocenters. The molecule has 0 aromatic heterocycles. The molecule has 3 rings (SSSR count). The van der Waals surface area contributed by atoms with Gasteiger partial charge in [-0.2, -0.15) is 5.26 Å². The van der Waals surface area contributed by atoms with Crippen molar-refractivity contribution in [3.63, 3.8) is 0 Å². The molecule has 0 bridgehead atoms. The minimum atomic E-state index is 0.279. The molecule has 146 valence electrons. The fraction of sp³-hybridized carbons (Fsp3) is 0.636. The molecule has 0 atom stereocenters. The first-order chi connectivity index (χ1) is 13.0. The lowest BCUT2D eigenvalue weighted by Crippen LogP contribution is -2.47. The summed E-state index contributed by atoms with van der Waals surface area (Å²) in [5, 5.41) is 9.24. The van der Waals surface area contributed by atoms with Gasteiger partial charge < -0.3 is 4.90 Å². The van der Waals surface area contributed by atoms with Crippen molar-refractivity contribution >= 4 is 11.5 Å². The molecule has 2 heterocycles. The highest BCUT2D eigenvalue weighted by Gasteiger charge is 2.22. The number of hydrogen-bond acceptors (Lipinski definition) is 5. The van der Waals surface area contributed by atoms with Gasteiger partial charge in [0.15, 0.2) is 0 Å². The van der Waals surface area contributed by atoms with Gasteiger partial charge in [-0.15, -0.1) is 0 Å². The van der Waals surface area contributed by atoms with Crippen molar-refractivity contribution in [3.05, 3.63) is 29.3 Å². The second kappa shape index (κ2) is 9.34. The van der Waals surface area contributed by atoms with E-state index >= 15 is 0 Å². The zero-order chi connectivity index (χ0) is 19.2. The SMILES string of the molecule is CC(=O)CN1CCC(CCN2CCN(c3ccc(C)c(C#N)c3)CC2)CC1. The Kier molecular flexibility index (Phi) is 6.87. The van der Waals surface area contributed by atoms with E-state index in [-0.39, 0.29) is 5.78 Å². The summed E-state index contributed by atoms with van der Waals surface area (Å²) in [6.07, 6.45) is 3.73. The maximum atomic E-state index is 11.2. The maximum Gasteiger partial charge on any atom is 0.143 e. The molecule has 1 aromatic carbocycles. The standard InChI is InChI=1S/C22H32N4O/c1-18-3-4-22(15-21(18)16-23)26-13-11-24(12-14-26)8-5-20-6-9-25(10-7-20)17-19(2)27/h3-4,15,20H,5-14,17H2,1-2H3. The van der Waals surface area contributed by atoms with Crippen LogP contribution in [0, 0.1) is 24.2 Å². The van der Waals surface area contributed by atoms with Gasteiger partial charge in [-0.1, -0.05) is 6.07 Å². The van der Waals surface area contributed by atoms with Crippen LogP contribution >= 0.6 is 0 Å².